The molecule has 1 aliphatic heterocycles. The molecule has 2 rings (SSSR count). The van der Waals surface area contributed by atoms with Gasteiger partial charge in [-0.25, -0.2) is 4.79 Å². The van der Waals surface area contributed by atoms with Crippen LogP contribution >= 0.6 is 0 Å². The molecule has 1 aliphatic rings. The summed E-state index contributed by atoms with van der Waals surface area (Å²) < 4.78 is 4.78. The second kappa shape index (κ2) is 9.86. The van der Waals surface area contributed by atoms with E-state index in [0.717, 1.165) is 38.3 Å². The Morgan fingerprint density at radius 2 is 2.20 bits per heavy atom. The number of guanidine groups is 1. The number of nitrogens with one attached hydrogen (secondary N) is 2. The van der Waals surface area contributed by atoms with Crippen LogP contribution in [0.25, 0.3) is 0 Å². The highest BCUT2D eigenvalue weighted by Crippen LogP contribution is 2.11. The smallest absolute Gasteiger partial charge is 0.409 e. The first-order chi connectivity index (χ1) is 12.1. The normalized spacial score (nSPS) is 15.8. The van der Waals surface area contributed by atoms with E-state index in [4.69, 9.17) is 4.74 Å². The zero-order chi connectivity index (χ0) is 18.1. The first kappa shape index (κ1) is 19.0. The third-order valence-corrected chi connectivity index (χ3v) is 4.40. The minimum absolute atomic E-state index is 0.244. The number of hydrogen-bond donors (Lipinski definition) is 2. The van der Waals surface area contributed by atoms with Crippen LogP contribution in [0.15, 0.2) is 23.5 Å². The van der Waals surface area contributed by atoms with Gasteiger partial charge in [0.1, 0.15) is 0 Å². The standard InChI is InChI=1S/C18H29N5O2/c1-4-20-17(21-10-6-15-5-9-19-13-14(15)2)22-16-7-11-23(12-8-16)18(24)25-3/h5,9,13,16H,4,6-8,10-12H2,1-3H3,(H2,20,21,22). The van der Waals surface area contributed by atoms with Crippen LogP contribution in [0.4, 0.5) is 4.79 Å². The van der Waals surface area contributed by atoms with Crippen LogP contribution in [-0.2, 0) is 11.2 Å². The molecule has 2 N–H and O–H groups in total. The summed E-state index contributed by atoms with van der Waals surface area (Å²) in [5, 5.41) is 6.78. The number of carbonyl (C=O) groups excluding carboxylic acids is 1. The van der Waals surface area contributed by atoms with Gasteiger partial charge in [0.05, 0.1) is 7.11 Å². The molecule has 1 aromatic heterocycles. The second-order valence-corrected chi connectivity index (χ2v) is 6.19. The Morgan fingerprint density at radius 1 is 1.44 bits per heavy atom. The molecule has 0 radical (unpaired) electrons. The van der Waals surface area contributed by atoms with Gasteiger partial charge >= 0.3 is 6.09 Å². The van der Waals surface area contributed by atoms with Gasteiger partial charge in [0.25, 0.3) is 0 Å². The zero-order valence-electron chi connectivity index (χ0n) is 15.4. The Bertz CT molecular complexity index is 583. The maximum Gasteiger partial charge on any atom is 0.409 e. The quantitative estimate of drug-likeness (QED) is 0.626. The number of hydrogen-bond acceptors (Lipinski definition) is 4. The van der Waals surface area contributed by atoms with E-state index in [1.54, 1.807) is 4.90 Å². The number of aromatic nitrogens is 1. The SMILES string of the molecule is CCNC(=NCCc1ccncc1C)NC1CCN(C(=O)OC)CC1. The van der Waals surface area contributed by atoms with Gasteiger partial charge in [-0.15, -0.1) is 0 Å². The van der Waals surface area contributed by atoms with Gasteiger partial charge in [-0.2, -0.15) is 0 Å². The molecule has 7 heteroatoms. The summed E-state index contributed by atoms with van der Waals surface area (Å²) in [6.45, 7) is 7.09. The van der Waals surface area contributed by atoms with Gasteiger partial charge in [-0.1, -0.05) is 0 Å². The lowest BCUT2D eigenvalue weighted by atomic mass is 10.1. The van der Waals surface area contributed by atoms with Crippen molar-refractivity contribution in [2.75, 3.05) is 33.3 Å². The van der Waals surface area contributed by atoms with Crippen molar-refractivity contribution in [1.82, 2.24) is 20.5 Å². The van der Waals surface area contributed by atoms with Crippen LogP contribution in [0.3, 0.4) is 0 Å². The molecule has 0 saturated carbocycles. The molecular weight excluding hydrogens is 318 g/mol. The van der Waals surface area contributed by atoms with Crippen molar-refractivity contribution in [2.45, 2.75) is 39.2 Å². The van der Waals surface area contributed by atoms with Crippen molar-refractivity contribution >= 4 is 12.1 Å². The van der Waals surface area contributed by atoms with Crippen LogP contribution in [-0.4, -0.2) is 61.3 Å². The summed E-state index contributed by atoms with van der Waals surface area (Å²) in [6.07, 6.45) is 6.14. The molecule has 1 amide bonds. The van der Waals surface area contributed by atoms with Crippen molar-refractivity contribution in [1.29, 1.82) is 0 Å². The number of likely N-dealkylation sites (tertiary alicyclic amines) is 1. The van der Waals surface area contributed by atoms with Crippen molar-refractivity contribution in [3.05, 3.63) is 29.6 Å². The summed E-state index contributed by atoms with van der Waals surface area (Å²) in [5.74, 6) is 0.839. The van der Waals surface area contributed by atoms with Crippen LogP contribution in [0, 0.1) is 6.92 Å². The largest absolute Gasteiger partial charge is 0.453 e. The average molecular weight is 347 g/mol. The molecule has 1 saturated heterocycles. The van der Waals surface area contributed by atoms with Crippen LogP contribution in [0.1, 0.15) is 30.9 Å². The Morgan fingerprint density at radius 3 is 2.84 bits per heavy atom. The molecule has 138 valence electrons. The van der Waals surface area contributed by atoms with Gasteiger partial charge < -0.3 is 20.3 Å². The Kier molecular flexibility index (Phi) is 7.50. The molecule has 0 spiro atoms. The lowest BCUT2D eigenvalue weighted by Gasteiger charge is -2.32. The Balaban J connectivity index is 1.84. The van der Waals surface area contributed by atoms with Crippen LogP contribution in [0.5, 0.6) is 0 Å². The molecule has 2 heterocycles. The predicted octanol–water partition coefficient (Wildman–Crippen LogP) is 1.72. The number of pyridine rings is 1. The summed E-state index contributed by atoms with van der Waals surface area (Å²) in [6, 6.07) is 2.37. The van der Waals surface area contributed by atoms with E-state index in [2.05, 4.69) is 34.5 Å². The molecule has 0 aliphatic carbocycles. The predicted molar refractivity (Wildman–Crippen MR) is 98.8 cm³/mol. The summed E-state index contributed by atoms with van der Waals surface area (Å²) in [4.78, 5) is 22.1. The van der Waals surface area contributed by atoms with Gasteiger partial charge in [-0.3, -0.25) is 9.98 Å². The zero-order valence-corrected chi connectivity index (χ0v) is 15.4. The van der Waals surface area contributed by atoms with Gasteiger partial charge in [0.2, 0.25) is 0 Å². The molecule has 0 bridgehead atoms. The number of amides is 1. The molecule has 0 aromatic carbocycles. The third-order valence-electron chi connectivity index (χ3n) is 4.40. The van der Waals surface area contributed by atoms with Crippen molar-refractivity contribution in [3.63, 3.8) is 0 Å². The minimum atomic E-state index is -0.244. The number of ether oxygens (including phenoxy) is 1. The van der Waals surface area contributed by atoms with Gasteiger partial charge in [0.15, 0.2) is 5.96 Å². The first-order valence-electron chi connectivity index (χ1n) is 8.91. The number of methoxy groups -OCH3 is 1. The van der Waals surface area contributed by atoms with E-state index in [1.807, 2.05) is 18.5 Å². The van der Waals surface area contributed by atoms with Crippen molar-refractivity contribution in [2.24, 2.45) is 4.99 Å². The number of nitrogens with zero attached hydrogens (tertiary/aromatic N) is 3. The fourth-order valence-electron chi connectivity index (χ4n) is 2.92. The maximum absolute atomic E-state index is 11.5. The van der Waals surface area contributed by atoms with Crippen molar-refractivity contribution < 1.29 is 9.53 Å². The highest BCUT2D eigenvalue weighted by molar-refractivity contribution is 5.80. The van der Waals surface area contributed by atoms with E-state index < -0.39 is 0 Å². The number of aryl methyl sites for hydroxylation is 1. The van der Waals surface area contributed by atoms with Crippen LogP contribution in [0.2, 0.25) is 0 Å². The number of piperidine rings is 1. The highest BCUT2D eigenvalue weighted by atomic mass is 16.5. The van der Waals surface area contributed by atoms with Gasteiger partial charge in [-0.05, 0) is 50.3 Å². The minimum Gasteiger partial charge on any atom is -0.453 e. The lowest BCUT2D eigenvalue weighted by Crippen LogP contribution is -2.49. The summed E-state index contributed by atoms with van der Waals surface area (Å²) in [5.41, 5.74) is 2.48. The monoisotopic (exact) mass is 347 g/mol. The van der Waals surface area contributed by atoms with Gasteiger partial charge in [0, 0.05) is 44.6 Å². The molecule has 7 nitrogen and oxygen atoms in total. The molecular formula is C18H29N5O2. The van der Waals surface area contributed by atoms with E-state index in [-0.39, 0.29) is 6.09 Å². The molecule has 0 unspecified atom stereocenters. The number of aliphatic imine (C=N–C) groups is 1. The van der Waals surface area contributed by atoms with E-state index in [9.17, 15) is 4.79 Å². The van der Waals surface area contributed by atoms with E-state index in [0.29, 0.717) is 19.1 Å². The van der Waals surface area contributed by atoms with E-state index >= 15 is 0 Å². The maximum atomic E-state index is 11.5. The number of carbonyl (C=O) groups is 1. The summed E-state index contributed by atoms with van der Waals surface area (Å²) >= 11 is 0. The fourth-order valence-corrected chi connectivity index (χ4v) is 2.92. The molecule has 0 atom stereocenters. The van der Waals surface area contributed by atoms with E-state index in [1.165, 1.54) is 18.2 Å². The molecule has 25 heavy (non-hydrogen) atoms. The molecule has 1 aromatic rings. The average Bonchev–Trinajstić information content (AvgIpc) is 2.63. The molecule has 1 fully saturated rings. The second-order valence-electron chi connectivity index (χ2n) is 6.19. The Hall–Kier alpha value is -2.31. The fraction of sp³-hybridized carbons (Fsp3) is 0.611. The summed E-state index contributed by atoms with van der Waals surface area (Å²) in [7, 11) is 1.42. The Labute approximate surface area is 149 Å². The highest BCUT2D eigenvalue weighted by Gasteiger charge is 2.23. The van der Waals surface area contributed by atoms with Crippen LogP contribution < -0.4 is 10.6 Å². The lowest BCUT2D eigenvalue weighted by molar-refractivity contribution is 0.111. The van der Waals surface area contributed by atoms with Crippen molar-refractivity contribution in [3.8, 4) is 0 Å². The first-order valence-corrected chi connectivity index (χ1v) is 8.91. The topological polar surface area (TPSA) is 78.9 Å². The number of rotatable bonds is 5. The third kappa shape index (κ3) is 5.92.